The van der Waals surface area contributed by atoms with Crippen LogP contribution in [0.25, 0.3) is 10.9 Å². The summed E-state index contributed by atoms with van der Waals surface area (Å²) in [7, 11) is 6.85. The Morgan fingerprint density at radius 2 is 1.54 bits per heavy atom. The van der Waals surface area contributed by atoms with E-state index in [0.717, 1.165) is 5.39 Å². The van der Waals surface area contributed by atoms with Gasteiger partial charge >= 0.3 is 0 Å². The minimum Gasteiger partial charge on any atom is -0.493 e. The highest BCUT2D eigenvalue weighted by atomic mass is 16.5. The minimum atomic E-state index is -0.0456. The summed E-state index contributed by atoms with van der Waals surface area (Å²) in [5.41, 5.74) is 0.697. The highest BCUT2D eigenvalue weighted by molar-refractivity contribution is 5.93. The van der Waals surface area contributed by atoms with Crippen molar-refractivity contribution in [2.24, 2.45) is 0 Å². The number of hydrogen-bond donors (Lipinski definition) is 2. The molecular formula is C16H24N4O4. The van der Waals surface area contributed by atoms with Crippen LogP contribution in [0.1, 0.15) is 0 Å². The molecule has 2 N–H and O–H groups in total. The topological polar surface area (TPSA) is 91.2 Å². The number of hydrogen-bond acceptors (Lipinski definition) is 8. The molecule has 0 radical (unpaired) electrons. The molecule has 0 fully saturated rings. The maximum atomic E-state index is 9.34. The zero-order valence-corrected chi connectivity index (χ0v) is 14.5. The molecule has 0 aliphatic rings. The Bertz CT molecular complexity index is 687. The minimum absolute atomic E-state index is 0.0456. The van der Waals surface area contributed by atoms with Crippen LogP contribution in [-0.4, -0.2) is 74.8 Å². The molecule has 0 saturated heterocycles. The van der Waals surface area contributed by atoms with Gasteiger partial charge in [0.25, 0.3) is 0 Å². The molecule has 2 rings (SSSR count). The van der Waals surface area contributed by atoms with Crippen LogP contribution in [-0.2, 0) is 0 Å². The Morgan fingerprint density at radius 3 is 2.04 bits per heavy atom. The van der Waals surface area contributed by atoms with Crippen molar-refractivity contribution >= 4 is 22.7 Å². The second-order valence-electron chi connectivity index (χ2n) is 5.40. The fourth-order valence-electron chi connectivity index (χ4n) is 2.43. The number of nitrogens with zero attached hydrogens (tertiary/aromatic N) is 4. The summed E-state index contributed by atoms with van der Waals surface area (Å²) < 4.78 is 10.7. The van der Waals surface area contributed by atoms with Gasteiger partial charge in [-0.3, -0.25) is 0 Å². The lowest BCUT2D eigenvalue weighted by molar-refractivity contribution is 0.281. The molecule has 0 unspecified atom stereocenters. The van der Waals surface area contributed by atoms with Gasteiger partial charge in [0, 0.05) is 38.6 Å². The number of benzene rings is 1. The number of fused-ring (bicyclic) bond motifs is 1. The third-order valence-corrected chi connectivity index (χ3v) is 3.61. The van der Waals surface area contributed by atoms with Crippen molar-refractivity contribution in [1.82, 2.24) is 9.97 Å². The van der Waals surface area contributed by atoms with Gasteiger partial charge in [-0.05, 0) is 6.07 Å². The number of methoxy groups -OCH3 is 2. The molecule has 0 aliphatic heterocycles. The van der Waals surface area contributed by atoms with Crippen molar-refractivity contribution in [2.45, 2.75) is 0 Å². The number of aromatic nitrogens is 2. The van der Waals surface area contributed by atoms with Crippen LogP contribution >= 0.6 is 0 Å². The van der Waals surface area contributed by atoms with Gasteiger partial charge in [0.15, 0.2) is 11.5 Å². The molecule has 2 aromatic rings. The first-order chi connectivity index (χ1) is 11.5. The van der Waals surface area contributed by atoms with Crippen molar-refractivity contribution in [1.29, 1.82) is 0 Å². The maximum Gasteiger partial charge on any atom is 0.227 e. The smallest absolute Gasteiger partial charge is 0.227 e. The van der Waals surface area contributed by atoms with E-state index in [-0.39, 0.29) is 13.2 Å². The molecule has 1 aromatic carbocycles. The van der Waals surface area contributed by atoms with Crippen molar-refractivity contribution in [2.75, 3.05) is 64.4 Å². The van der Waals surface area contributed by atoms with Gasteiger partial charge in [0.1, 0.15) is 5.82 Å². The summed E-state index contributed by atoms with van der Waals surface area (Å²) in [6.07, 6.45) is 0. The highest BCUT2D eigenvalue weighted by Gasteiger charge is 2.18. The highest BCUT2D eigenvalue weighted by Crippen LogP contribution is 2.35. The Hall–Kier alpha value is -2.32. The van der Waals surface area contributed by atoms with Crippen molar-refractivity contribution in [3.8, 4) is 11.5 Å². The van der Waals surface area contributed by atoms with Gasteiger partial charge in [0.2, 0.25) is 5.95 Å². The van der Waals surface area contributed by atoms with Crippen LogP contribution in [0, 0.1) is 0 Å². The molecular weight excluding hydrogens is 312 g/mol. The van der Waals surface area contributed by atoms with Crippen LogP contribution < -0.4 is 19.3 Å². The van der Waals surface area contributed by atoms with Gasteiger partial charge in [-0.2, -0.15) is 4.98 Å². The van der Waals surface area contributed by atoms with E-state index in [1.54, 1.807) is 25.2 Å². The van der Waals surface area contributed by atoms with Crippen LogP contribution in [0.15, 0.2) is 12.1 Å². The van der Waals surface area contributed by atoms with E-state index in [2.05, 4.69) is 9.97 Å². The fourth-order valence-corrected chi connectivity index (χ4v) is 2.43. The Balaban J connectivity index is 2.73. The van der Waals surface area contributed by atoms with Crippen molar-refractivity contribution < 1.29 is 19.7 Å². The second-order valence-corrected chi connectivity index (χ2v) is 5.40. The molecule has 0 aliphatic carbocycles. The van der Waals surface area contributed by atoms with Crippen molar-refractivity contribution in [3.05, 3.63) is 12.1 Å². The standard InChI is InChI=1S/C16H24N4O4/c1-19(2)16-17-12-10-14(24-4)13(23-3)9-11(12)15(18-16)20(5-7-21)6-8-22/h9-10,21-22H,5-8H2,1-4H3. The number of ether oxygens (including phenoxy) is 2. The number of rotatable bonds is 8. The summed E-state index contributed by atoms with van der Waals surface area (Å²) in [4.78, 5) is 12.8. The van der Waals surface area contributed by atoms with Gasteiger partial charge in [-0.25, -0.2) is 4.98 Å². The summed E-state index contributed by atoms with van der Waals surface area (Å²) in [6.45, 7) is 0.619. The number of anilines is 2. The van der Waals surface area contributed by atoms with Crippen LogP contribution in [0.5, 0.6) is 11.5 Å². The number of aliphatic hydroxyl groups is 2. The molecule has 1 heterocycles. The normalized spacial score (nSPS) is 10.8. The third kappa shape index (κ3) is 3.60. The monoisotopic (exact) mass is 336 g/mol. The lowest BCUT2D eigenvalue weighted by Crippen LogP contribution is -2.31. The quantitative estimate of drug-likeness (QED) is 0.720. The molecule has 0 spiro atoms. The van der Waals surface area contributed by atoms with Gasteiger partial charge in [0.05, 0.1) is 33.0 Å². The number of aliphatic hydroxyl groups excluding tert-OH is 2. The van der Waals surface area contributed by atoms with E-state index >= 15 is 0 Å². The largest absolute Gasteiger partial charge is 0.493 e. The van der Waals surface area contributed by atoms with E-state index in [4.69, 9.17) is 9.47 Å². The summed E-state index contributed by atoms with van der Waals surface area (Å²) in [5, 5.41) is 19.4. The van der Waals surface area contributed by atoms with Gasteiger partial charge < -0.3 is 29.5 Å². The Kier molecular flexibility index (Phi) is 5.99. The first-order valence-corrected chi connectivity index (χ1v) is 7.63. The summed E-state index contributed by atoms with van der Waals surface area (Å²) in [5.74, 6) is 2.31. The zero-order chi connectivity index (χ0) is 17.7. The fraction of sp³-hybridized carbons (Fsp3) is 0.500. The van der Waals surface area contributed by atoms with Crippen LogP contribution in [0.4, 0.5) is 11.8 Å². The SMILES string of the molecule is COc1cc2nc(N(C)C)nc(N(CCO)CCO)c2cc1OC. The molecule has 132 valence electrons. The molecule has 24 heavy (non-hydrogen) atoms. The molecule has 0 amide bonds. The molecule has 8 nitrogen and oxygen atoms in total. The van der Waals surface area contributed by atoms with E-state index < -0.39 is 0 Å². The first-order valence-electron chi connectivity index (χ1n) is 7.63. The predicted octanol–water partition coefficient (Wildman–Crippen LogP) is 0.504. The van der Waals surface area contributed by atoms with E-state index in [9.17, 15) is 10.2 Å². The third-order valence-electron chi connectivity index (χ3n) is 3.61. The molecule has 0 bridgehead atoms. The molecule has 8 heteroatoms. The van der Waals surface area contributed by atoms with Crippen molar-refractivity contribution in [3.63, 3.8) is 0 Å². The Labute approximate surface area is 141 Å². The lowest BCUT2D eigenvalue weighted by Gasteiger charge is -2.25. The zero-order valence-electron chi connectivity index (χ0n) is 14.5. The molecule has 1 aromatic heterocycles. The molecule has 0 atom stereocenters. The van der Waals surface area contributed by atoms with Gasteiger partial charge in [-0.15, -0.1) is 0 Å². The molecule has 0 saturated carbocycles. The van der Waals surface area contributed by atoms with Crippen LogP contribution in [0.2, 0.25) is 0 Å². The van der Waals surface area contributed by atoms with E-state index in [0.29, 0.717) is 41.9 Å². The summed E-state index contributed by atoms with van der Waals surface area (Å²) >= 11 is 0. The predicted molar refractivity (Wildman–Crippen MR) is 93.4 cm³/mol. The summed E-state index contributed by atoms with van der Waals surface area (Å²) in [6, 6.07) is 3.60. The lowest BCUT2D eigenvalue weighted by atomic mass is 10.2. The van der Waals surface area contributed by atoms with Gasteiger partial charge in [-0.1, -0.05) is 0 Å². The van der Waals surface area contributed by atoms with E-state index in [1.807, 2.05) is 25.1 Å². The van der Waals surface area contributed by atoms with E-state index in [1.165, 1.54) is 0 Å². The Morgan fingerprint density at radius 1 is 0.958 bits per heavy atom. The average molecular weight is 336 g/mol. The second kappa shape index (κ2) is 7.98. The average Bonchev–Trinajstić information content (AvgIpc) is 2.59. The maximum absolute atomic E-state index is 9.34. The van der Waals surface area contributed by atoms with Crippen LogP contribution in [0.3, 0.4) is 0 Å². The first kappa shape index (κ1) is 18.0.